The highest BCUT2D eigenvalue weighted by atomic mass is 32.1. The zero-order valence-electron chi connectivity index (χ0n) is 13.9. The minimum atomic E-state index is -0.400. The molecule has 6 heteroatoms. The highest BCUT2D eigenvalue weighted by Gasteiger charge is 2.34. The molecule has 1 aliphatic heterocycles. The summed E-state index contributed by atoms with van der Waals surface area (Å²) in [6.45, 7) is 0.700. The van der Waals surface area contributed by atoms with Crippen LogP contribution in [-0.4, -0.2) is 29.4 Å². The molecule has 0 bridgehead atoms. The number of aromatic nitrogens is 1. The maximum Gasteiger partial charge on any atom is 0.242 e. The zero-order valence-corrected chi connectivity index (χ0v) is 14.7. The molecule has 3 atom stereocenters. The fourth-order valence-corrected chi connectivity index (χ4v) is 4.76. The number of amides is 2. The van der Waals surface area contributed by atoms with E-state index in [-0.39, 0.29) is 23.7 Å². The van der Waals surface area contributed by atoms with Gasteiger partial charge in [0, 0.05) is 12.5 Å². The second-order valence-electron chi connectivity index (χ2n) is 6.67. The Bertz CT molecular complexity index is 796. The first-order chi connectivity index (χ1) is 12.2. The number of nitrogens with one attached hydrogen (secondary N) is 2. The fourth-order valence-electron chi connectivity index (χ4n) is 3.61. The largest absolute Gasteiger partial charge is 0.354 e. The van der Waals surface area contributed by atoms with Gasteiger partial charge in [0.1, 0.15) is 6.04 Å². The Morgan fingerprint density at radius 1 is 1.24 bits per heavy atom. The van der Waals surface area contributed by atoms with Gasteiger partial charge >= 0.3 is 0 Å². The number of fused-ring (bicyclic) bond motifs is 1. The van der Waals surface area contributed by atoms with E-state index < -0.39 is 6.04 Å². The summed E-state index contributed by atoms with van der Waals surface area (Å²) in [7, 11) is 0. The van der Waals surface area contributed by atoms with Crippen molar-refractivity contribution in [2.45, 2.75) is 37.6 Å². The highest BCUT2D eigenvalue weighted by molar-refractivity contribution is 7.18. The van der Waals surface area contributed by atoms with Crippen molar-refractivity contribution in [3.8, 4) is 0 Å². The number of thiazole rings is 1. The van der Waals surface area contributed by atoms with Crippen LogP contribution >= 0.6 is 11.3 Å². The van der Waals surface area contributed by atoms with E-state index in [1.165, 1.54) is 0 Å². The van der Waals surface area contributed by atoms with Crippen LogP contribution in [0.25, 0.3) is 10.2 Å². The van der Waals surface area contributed by atoms with Crippen LogP contribution in [0.4, 0.5) is 0 Å². The van der Waals surface area contributed by atoms with Crippen molar-refractivity contribution >= 4 is 33.4 Å². The Morgan fingerprint density at radius 2 is 2.08 bits per heavy atom. The topological polar surface area (TPSA) is 71.1 Å². The van der Waals surface area contributed by atoms with Gasteiger partial charge in [-0.1, -0.05) is 24.3 Å². The van der Waals surface area contributed by atoms with Gasteiger partial charge in [0.05, 0.1) is 21.1 Å². The van der Waals surface area contributed by atoms with Gasteiger partial charge in [0.15, 0.2) is 0 Å². The fraction of sp³-hybridized carbons (Fsp3) is 0.421. The predicted octanol–water partition coefficient (Wildman–Crippen LogP) is 2.74. The molecular formula is C19H21N3O2S. The number of carbonyl (C=O) groups excluding carboxylic acids is 2. The van der Waals surface area contributed by atoms with E-state index in [1.807, 2.05) is 18.2 Å². The first-order valence-corrected chi connectivity index (χ1v) is 9.62. The first kappa shape index (κ1) is 16.3. The number of hydrogen-bond acceptors (Lipinski definition) is 4. The molecular weight excluding hydrogens is 334 g/mol. The normalized spacial score (nSPS) is 26.4. The minimum absolute atomic E-state index is 0.0318. The Morgan fingerprint density at radius 3 is 2.92 bits per heavy atom. The molecule has 1 saturated heterocycles. The van der Waals surface area contributed by atoms with Crippen molar-refractivity contribution in [1.82, 2.24) is 15.6 Å². The number of hydrogen-bond donors (Lipinski definition) is 2. The number of allylic oxidation sites excluding steroid dienone is 2. The van der Waals surface area contributed by atoms with E-state index in [4.69, 9.17) is 4.98 Å². The molecule has 0 spiro atoms. The number of para-hydroxylation sites is 1. The number of nitrogens with zero attached hydrogens (tertiary/aromatic N) is 1. The van der Waals surface area contributed by atoms with E-state index >= 15 is 0 Å². The van der Waals surface area contributed by atoms with Crippen molar-refractivity contribution in [3.05, 3.63) is 41.4 Å². The van der Waals surface area contributed by atoms with E-state index in [0.29, 0.717) is 19.4 Å². The number of piperidine rings is 1. The van der Waals surface area contributed by atoms with Crippen molar-refractivity contribution in [2.75, 3.05) is 6.54 Å². The van der Waals surface area contributed by atoms with Crippen molar-refractivity contribution < 1.29 is 9.59 Å². The summed E-state index contributed by atoms with van der Waals surface area (Å²) in [6, 6.07) is 7.67. The van der Waals surface area contributed by atoms with E-state index in [9.17, 15) is 9.59 Å². The molecule has 0 saturated carbocycles. The average Bonchev–Trinajstić information content (AvgIpc) is 3.07. The summed E-state index contributed by atoms with van der Waals surface area (Å²) in [6.07, 6.45) is 7.33. The molecule has 5 nitrogen and oxygen atoms in total. The lowest BCUT2D eigenvalue weighted by Gasteiger charge is -2.29. The monoisotopic (exact) mass is 355 g/mol. The summed E-state index contributed by atoms with van der Waals surface area (Å²) in [5.74, 6) is -0.188. The van der Waals surface area contributed by atoms with Crippen LogP contribution in [0.3, 0.4) is 0 Å². The maximum absolute atomic E-state index is 12.9. The quantitative estimate of drug-likeness (QED) is 0.832. The SMILES string of the molecule is O=C1NCCC[C@@H]1NC(=O)[C@H]1CC=CC[C@@H]1c1nc2ccccc2s1. The van der Waals surface area contributed by atoms with Crippen LogP contribution in [0, 0.1) is 5.92 Å². The van der Waals surface area contributed by atoms with Crippen LogP contribution < -0.4 is 10.6 Å². The number of rotatable bonds is 3. The Balaban J connectivity index is 1.55. The highest BCUT2D eigenvalue weighted by Crippen LogP contribution is 2.38. The third kappa shape index (κ3) is 3.31. The standard InChI is InChI=1S/C19H21N3O2S/c23-17(21-15-9-5-11-20-18(15)24)12-6-1-2-7-13(12)19-22-14-8-3-4-10-16(14)25-19/h1-4,8,10,12-13,15H,5-7,9,11H2,(H,20,24)(H,21,23)/t12-,13-,15-/m0/s1. The van der Waals surface area contributed by atoms with Gasteiger partial charge in [-0.2, -0.15) is 0 Å². The third-order valence-electron chi connectivity index (χ3n) is 5.00. The second-order valence-corrected chi connectivity index (χ2v) is 7.73. The van der Waals surface area contributed by atoms with Crippen molar-refractivity contribution in [1.29, 1.82) is 0 Å². The molecule has 0 radical (unpaired) electrons. The van der Waals surface area contributed by atoms with Gasteiger partial charge in [-0.05, 0) is 37.8 Å². The van der Waals surface area contributed by atoms with Crippen molar-refractivity contribution in [3.63, 3.8) is 0 Å². The van der Waals surface area contributed by atoms with E-state index in [1.54, 1.807) is 11.3 Å². The molecule has 2 N–H and O–H groups in total. The summed E-state index contributed by atoms with van der Waals surface area (Å²) in [5, 5.41) is 6.80. The Kier molecular flexibility index (Phi) is 4.53. The van der Waals surface area contributed by atoms with Gasteiger partial charge in [-0.25, -0.2) is 4.98 Å². The third-order valence-corrected chi connectivity index (χ3v) is 6.17. The summed E-state index contributed by atoms with van der Waals surface area (Å²) < 4.78 is 1.15. The Hall–Kier alpha value is -2.21. The van der Waals surface area contributed by atoms with Gasteiger partial charge in [-0.15, -0.1) is 11.3 Å². The molecule has 1 fully saturated rings. The molecule has 130 valence electrons. The smallest absolute Gasteiger partial charge is 0.242 e. The second kappa shape index (κ2) is 6.96. The van der Waals surface area contributed by atoms with E-state index in [2.05, 4.69) is 28.9 Å². The molecule has 1 aromatic carbocycles. The van der Waals surface area contributed by atoms with Gasteiger partial charge in [0.25, 0.3) is 0 Å². The summed E-state index contributed by atoms with van der Waals surface area (Å²) in [5.41, 5.74) is 0.989. The van der Waals surface area contributed by atoms with Gasteiger partial charge in [0.2, 0.25) is 11.8 Å². The summed E-state index contributed by atoms with van der Waals surface area (Å²) in [4.78, 5) is 29.6. The molecule has 2 heterocycles. The molecule has 25 heavy (non-hydrogen) atoms. The molecule has 4 rings (SSSR count). The van der Waals surface area contributed by atoms with Gasteiger partial charge < -0.3 is 10.6 Å². The lowest BCUT2D eigenvalue weighted by Crippen LogP contribution is -2.52. The number of benzene rings is 1. The zero-order chi connectivity index (χ0) is 17.2. The van der Waals surface area contributed by atoms with Crippen LogP contribution in [0.1, 0.15) is 36.6 Å². The van der Waals surface area contributed by atoms with Crippen LogP contribution in [0.5, 0.6) is 0 Å². The van der Waals surface area contributed by atoms with Crippen LogP contribution in [-0.2, 0) is 9.59 Å². The average molecular weight is 355 g/mol. The maximum atomic E-state index is 12.9. The van der Waals surface area contributed by atoms with Crippen LogP contribution in [0.15, 0.2) is 36.4 Å². The number of carbonyl (C=O) groups is 2. The lowest BCUT2D eigenvalue weighted by molar-refractivity contribution is -0.132. The molecule has 2 aliphatic rings. The molecule has 1 aromatic heterocycles. The van der Waals surface area contributed by atoms with Crippen molar-refractivity contribution in [2.24, 2.45) is 5.92 Å². The minimum Gasteiger partial charge on any atom is -0.354 e. The Labute approximate surface area is 150 Å². The van der Waals surface area contributed by atoms with Crippen LogP contribution in [0.2, 0.25) is 0 Å². The summed E-state index contributed by atoms with van der Waals surface area (Å²) >= 11 is 1.67. The van der Waals surface area contributed by atoms with E-state index in [0.717, 1.165) is 28.1 Å². The van der Waals surface area contributed by atoms with Gasteiger partial charge in [-0.3, -0.25) is 9.59 Å². The first-order valence-electron chi connectivity index (χ1n) is 8.81. The lowest BCUT2D eigenvalue weighted by atomic mass is 9.82. The molecule has 2 amide bonds. The molecule has 0 unspecified atom stereocenters. The molecule has 2 aromatic rings. The molecule has 1 aliphatic carbocycles. The predicted molar refractivity (Wildman–Crippen MR) is 98.4 cm³/mol.